The Balaban J connectivity index is 1.18. The molecular formula is C78H105ClN18O13. The lowest BCUT2D eigenvalue weighted by atomic mass is 9.99. The molecule has 31 nitrogen and oxygen atoms in total. The molecule has 0 radical (unpaired) electrons. The average Bonchev–Trinajstić information content (AvgIpc) is 1.67. The molecule has 11 amide bonds. The molecule has 10 atom stereocenters. The summed E-state index contributed by atoms with van der Waals surface area (Å²) in [5.74, 6) is -8.75. The third-order valence-electron chi connectivity index (χ3n) is 18.5. The number of likely N-dealkylation sites (tertiary alicyclic amines) is 1. The fourth-order valence-corrected chi connectivity index (χ4v) is 12.9. The summed E-state index contributed by atoms with van der Waals surface area (Å²) in [6.45, 7) is 10.7. The quantitative estimate of drug-likeness (QED) is 0.0147. The molecule has 1 fully saturated rings. The number of H-pyrrole nitrogens is 1. The second-order valence-electron chi connectivity index (χ2n) is 27.7. The lowest BCUT2D eigenvalue weighted by Gasteiger charge is -2.31. The zero-order valence-corrected chi connectivity index (χ0v) is 63.7. The van der Waals surface area contributed by atoms with Crippen LogP contribution in [0.15, 0.2) is 131 Å². The Bertz CT molecular complexity index is 4200. The molecule has 6 aromatic rings. The molecule has 592 valence electrons. The van der Waals surface area contributed by atoms with Gasteiger partial charge in [0.15, 0.2) is 11.9 Å². The summed E-state index contributed by atoms with van der Waals surface area (Å²) >= 11 is 6.29. The van der Waals surface area contributed by atoms with Crippen LogP contribution in [0.25, 0.3) is 21.7 Å². The summed E-state index contributed by atoms with van der Waals surface area (Å²) in [5.41, 5.74) is 19.7. The molecule has 1 aliphatic heterocycles. The van der Waals surface area contributed by atoms with Crippen LogP contribution < -0.4 is 75.7 Å². The van der Waals surface area contributed by atoms with Gasteiger partial charge in [0.2, 0.25) is 65.0 Å². The Morgan fingerprint density at radius 3 is 1.65 bits per heavy atom. The lowest BCUT2D eigenvalue weighted by Crippen LogP contribution is -2.61. The number of para-hydroxylation sites is 1. The number of amides is 11. The number of hydrogen-bond donors (Lipinski definition) is 17. The number of primary amides is 1. The molecule has 110 heavy (non-hydrogen) atoms. The lowest BCUT2D eigenvalue weighted by molar-refractivity contribution is -0.142. The summed E-state index contributed by atoms with van der Waals surface area (Å²) in [6.07, 6.45) is 2.60. The second-order valence-corrected chi connectivity index (χ2v) is 28.1. The molecule has 1 saturated heterocycles. The van der Waals surface area contributed by atoms with Crippen LogP contribution in [0.3, 0.4) is 0 Å². The van der Waals surface area contributed by atoms with E-state index in [4.69, 9.17) is 28.8 Å². The summed E-state index contributed by atoms with van der Waals surface area (Å²) in [7, 11) is 0. The summed E-state index contributed by atoms with van der Waals surface area (Å²) in [5, 5.41) is 55.2. The molecule has 1 aromatic heterocycles. The van der Waals surface area contributed by atoms with Crippen molar-refractivity contribution in [3.8, 4) is 5.75 Å². The number of benzene rings is 5. The van der Waals surface area contributed by atoms with Gasteiger partial charge in [-0.1, -0.05) is 110 Å². The van der Waals surface area contributed by atoms with E-state index in [0.717, 1.165) is 21.7 Å². The van der Waals surface area contributed by atoms with Gasteiger partial charge in [0, 0.05) is 87.5 Å². The number of nitrogens with two attached hydrogens (primary N) is 3. The molecule has 7 rings (SSSR count). The molecule has 20 N–H and O–H groups in total. The Hall–Kier alpha value is -11.3. The number of aliphatic imine (C=N–C) groups is 2. The summed E-state index contributed by atoms with van der Waals surface area (Å²) in [4.78, 5) is 171. The number of aliphatic hydroxyl groups is 1. The van der Waals surface area contributed by atoms with Gasteiger partial charge < -0.3 is 95.8 Å². The third-order valence-corrected chi connectivity index (χ3v) is 18.8. The molecule has 0 bridgehead atoms. The Morgan fingerprint density at radius 2 is 1.05 bits per heavy atom. The van der Waals surface area contributed by atoms with Crippen molar-refractivity contribution in [2.75, 3.05) is 39.3 Å². The normalized spacial score (nSPS) is 15.0. The number of hydrogen-bond acceptors (Lipinski definition) is 15. The monoisotopic (exact) mass is 1540 g/mol. The average molecular weight is 1540 g/mol. The highest BCUT2D eigenvalue weighted by Gasteiger charge is 2.40. The van der Waals surface area contributed by atoms with Gasteiger partial charge >= 0.3 is 0 Å². The van der Waals surface area contributed by atoms with Gasteiger partial charge in [0.25, 0.3) is 0 Å². The Morgan fingerprint density at radius 1 is 0.555 bits per heavy atom. The predicted molar refractivity (Wildman–Crippen MR) is 419 cm³/mol. The molecular weight excluding hydrogens is 1430 g/mol. The van der Waals surface area contributed by atoms with Crippen LogP contribution in [0.2, 0.25) is 5.02 Å². The van der Waals surface area contributed by atoms with Crippen molar-refractivity contribution in [1.82, 2.24) is 68.4 Å². The number of aromatic nitrogens is 1. The number of nitrogens with zero attached hydrogens (tertiary/aromatic N) is 3. The zero-order chi connectivity index (χ0) is 80.0. The number of unbranched alkanes of at least 4 members (excludes halogenated alkanes) is 1. The van der Waals surface area contributed by atoms with Crippen LogP contribution in [-0.2, 0) is 78.4 Å². The minimum absolute atomic E-state index is 0.0148. The van der Waals surface area contributed by atoms with E-state index in [9.17, 15) is 43.8 Å². The van der Waals surface area contributed by atoms with Gasteiger partial charge in [0.05, 0.1) is 6.61 Å². The van der Waals surface area contributed by atoms with Crippen LogP contribution >= 0.6 is 11.6 Å². The Kier molecular flexibility index (Phi) is 33.6. The maximum Gasteiger partial charge on any atom is 0.245 e. The van der Waals surface area contributed by atoms with Crippen LogP contribution in [0.5, 0.6) is 5.75 Å². The van der Waals surface area contributed by atoms with Gasteiger partial charge in [-0.05, 0) is 141 Å². The first-order valence-corrected chi connectivity index (χ1v) is 37.5. The number of carbonyl (C=O) groups is 11. The van der Waals surface area contributed by atoms with Crippen LogP contribution in [-0.4, -0.2) is 197 Å². The second kappa shape index (κ2) is 43.0. The summed E-state index contributed by atoms with van der Waals surface area (Å²) < 4.78 is 0. The highest BCUT2D eigenvalue weighted by Crippen LogP contribution is 2.24. The van der Waals surface area contributed by atoms with E-state index in [-0.39, 0.29) is 101 Å². The number of rotatable bonds is 41. The number of phenolic OH excluding ortho intramolecular Hbond substituents is 1. The van der Waals surface area contributed by atoms with Gasteiger partial charge in [0.1, 0.15) is 66.2 Å². The number of halogens is 1. The molecule has 32 heteroatoms. The third kappa shape index (κ3) is 26.8. The molecule has 0 saturated carbocycles. The molecule has 0 unspecified atom stereocenters. The van der Waals surface area contributed by atoms with Crippen LogP contribution in [0.1, 0.15) is 115 Å². The van der Waals surface area contributed by atoms with E-state index in [1.807, 2.05) is 88.4 Å². The first kappa shape index (κ1) is 85.9. The number of phenols is 1. The van der Waals surface area contributed by atoms with Gasteiger partial charge in [-0.15, -0.1) is 0 Å². The highest BCUT2D eigenvalue weighted by atomic mass is 35.5. The minimum Gasteiger partial charge on any atom is -0.508 e. The standard InChI is InChI=1S/C78H105ClN18O13/c1-7-83-78(84-8-2)86-34-14-13-21-58(68(102)92-60(37-45(3)4)69(103)91-59(22-15-35-85-77(81)82)76(110)97-36-16-23-66(97)75(109)88-46(5)67(80)101)90-70(104)61(40-49-27-32-55(100)33-28-49)95-74(108)65(44-98)96-72(106)63(41-50-24-29-51-17-9-10-18-52(51)38-50)94-71(105)62(39-48-25-30-54(79)31-26-48)93-73(107)64(89-47(6)99)42-53-43-87-57-20-12-11-19-56(53)57/h9-12,17-20,24-33,38,43,45-46,58-66,87,98,100H,7-8,13-16,21-23,34-37,39-42,44H2,1-6H3,(H2,80,101)(H,88,109)(H,89,99)(H,90,104)(H,91,103)(H,92,102)(H,93,107)(H,94,105)(H,95,108)(H,96,106)(H4,81,82,85)(H2,83,84,86)/t46-,58-,59+,60+,61+,62-,63-,64-,65+,66+/m1/s1. The van der Waals surface area contributed by atoms with Gasteiger partial charge in [-0.2, -0.15) is 0 Å². The van der Waals surface area contributed by atoms with Crippen molar-refractivity contribution in [1.29, 1.82) is 0 Å². The molecule has 0 spiro atoms. The van der Waals surface area contributed by atoms with E-state index < -0.39 is 132 Å². The smallest absolute Gasteiger partial charge is 0.245 e. The predicted octanol–water partition coefficient (Wildman–Crippen LogP) is 1.67. The topological polar surface area (TPSA) is 482 Å². The maximum absolute atomic E-state index is 15.2. The van der Waals surface area contributed by atoms with E-state index in [0.29, 0.717) is 59.2 Å². The van der Waals surface area contributed by atoms with E-state index in [1.54, 1.807) is 36.5 Å². The van der Waals surface area contributed by atoms with Crippen molar-refractivity contribution >= 4 is 110 Å². The maximum atomic E-state index is 15.2. The van der Waals surface area contributed by atoms with Crippen LogP contribution in [0.4, 0.5) is 0 Å². The molecule has 0 aliphatic carbocycles. The molecule has 5 aromatic carbocycles. The number of fused-ring (bicyclic) bond motifs is 2. The molecule has 1 aliphatic rings. The fourth-order valence-electron chi connectivity index (χ4n) is 12.8. The van der Waals surface area contributed by atoms with E-state index in [2.05, 4.69) is 73.5 Å². The first-order valence-electron chi connectivity index (χ1n) is 37.2. The van der Waals surface area contributed by atoms with Gasteiger partial charge in [-0.3, -0.25) is 62.7 Å². The number of aromatic amines is 1. The zero-order valence-electron chi connectivity index (χ0n) is 63.0. The number of carbonyl (C=O) groups excluding carboxylic acids is 11. The van der Waals surface area contributed by atoms with E-state index in [1.165, 1.54) is 43.0 Å². The number of guanidine groups is 2. The first-order chi connectivity index (χ1) is 52.6. The summed E-state index contributed by atoms with van der Waals surface area (Å²) in [6, 6.07) is 18.8. The fraction of sp³-hybridized carbons (Fsp3) is 0.449. The number of aromatic hydroxyl groups is 1. The Labute approximate surface area is 644 Å². The number of nitrogens with one attached hydrogen (secondary N) is 12. The minimum atomic E-state index is -1.83. The van der Waals surface area contributed by atoms with Crippen molar-refractivity contribution < 1.29 is 63.0 Å². The SMILES string of the molecule is CCNC(=NCCCC[C@@H](NC(=O)[C@H](Cc1ccc(O)cc1)NC(=O)[C@H](CO)NC(=O)[C@@H](Cc1ccc2ccccc2c1)NC(=O)[C@@H](Cc1ccc(Cl)cc1)NC(=O)[C@@H](Cc1c[nH]c2ccccc12)NC(C)=O)C(=O)N[C@@H](CC(C)C)C(=O)N[C@@H](CCCN=C(N)N)C(=O)N1CCC[C@H]1C(=O)N[C@H](C)C(N)=O)NCC. The van der Waals surface area contributed by atoms with Crippen molar-refractivity contribution in [2.45, 2.75) is 179 Å². The van der Waals surface area contributed by atoms with Crippen molar-refractivity contribution in [2.24, 2.45) is 33.1 Å². The molecule has 2 heterocycles. The van der Waals surface area contributed by atoms with Crippen molar-refractivity contribution in [3.05, 3.63) is 149 Å². The number of aliphatic hydroxyl groups excluding tert-OH is 1. The highest BCUT2D eigenvalue weighted by molar-refractivity contribution is 6.30. The van der Waals surface area contributed by atoms with Crippen molar-refractivity contribution in [3.63, 3.8) is 0 Å². The van der Waals surface area contributed by atoms with Crippen LogP contribution in [0, 0.1) is 5.92 Å². The van der Waals surface area contributed by atoms with Gasteiger partial charge in [-0.25, -0.2) is 0 Å². The largest absolute Gasteiger partial charge is 0.508 e. The van der Waals surface area contributed by atoms with E-state index >= 15 is 19.2 Å².